The zero-order valence-electron chi connectivity index (χ0n) is 16.0. The summed E-state index contributed by atoms with van der Waals surface area (Å²) in [5, 5.41) is 5.85. The van der Waals surface area contributed by atoms with Crippen LogP contribution in [-0.4, -0.2) is 38.8 Å². The van der Waals surface area contributed by atoms with E-state index in [1.54, 1.807) is 50.9 Å². The molecule has 0 aliphatic heterocycles. The highest BCUT2D eigenvalue weighted by Crippen LogP contribution is 2.27. The zero-order chi connectivity index (χ0) is 19.9. The number of aromatic nitrogens is 1. The number of nitrogens with zero attached hydrogens (tertiary/aromatic N) is 1. The molecule has 1 amide bonds. The van der Waals surface area contributed by atoms with Crippen molar-refractivity contribution in [2.75, 3.05) is 27.9 Å². The van der Waals surface area contributed by atoms with Gasteiger partial charge in [-0.1, -0.05) is 12.1 Å². The SMILES string of the molecule is COc1cc(OC)cc(C(=O)NCCc2csc(-c3cccc(OC)c3)n2)c1. The van der Waals surface area contributed by atoms with Gasteiger partial charge in [0.2, 0.25) is 0 Å². The van der Waals surface area contributed by atoms with Crippen LogP contribution >= 0.6 is 11.3 Å². The molecule has 3 aromatic rings. The van der Waals surface area contributed by atoms with Crippen LogP contribution in [0.25, 0.3) is 10.6 Å². The van der Waals surface area contributed by atoms with E-state index >= 15 is 0 Å². The third-order valence-electron chi connectivity index (χ3n) is 4.15. The van der Waals surface area contributed by atoms with Crippen molar-refractivity contribution in [2.45, 2.75) is 6.42 Å². The van der Waals surface area contributed by atoms with Crippen molar-refractivity contribution in [3.63, 3.8) is 0 Å². The monoisotopic (exact) mass is 398 g/mol. The molecule has 1 N–H and O–H groups in total. The van der Waals surface area contributed by atoms with Gasteiger partial charge in [-0.05, 0) is 24.3 Å². The van der Waals surface area contributed by atoms with E-state index in [1.807, 2.05) is 29.6 Å². The number of hydrogen-bond donors (Lipinski definition) is 1. The molecule has 3 rings (SSSR count). The number of nitrogens with one attached hydrogen (secondary N) is 1. The van der Waals surface area contributed by atoms with Gasteiger partial charge in [0, 0.05) is 35.5 Å². The highest BCUT2D eigenvalue weighted by Gasteiger charge is 2.11. The van der Waals surface area contributed by atoms with E-state index in [9.17, 15) is 4.79 Å². The van der Waals surface area contributed by atoms with Crippen LogP contribution in [0.3, 0.4) is 0 Å². The second kappa shape index (κ2) is 9.23. The number of hydrogen-bond acceptors (Lipinski definition) is 6. The number of carbonyl (C=O) groups is 1. The molecule has 0 spiro atoms. The quantitative estimate of drug-likeness (QED) is 0.625. The van der Waals surface area contributed by atoms with Crippen LogP contribution in [0.1, 0.15) is 16.1 Å². The summed E-state index contributed by atoms with van der Waals surface area (Å²) in [5.74, 6) is 1.77. The van der Waals surface area contributed by atoms with Crippen molar-refractivity contribution in [1.29, 1.82) is 0 Å². The van der Waals surface area contributed by atoms with Gasteiger partial charge in [0.25, 0.3) is 5.91 Å². The highest BCUT2D eigenvalue weighted by atomic mass is 32.1. The van der Waals surface area contributed by atoms with Gasteiger partial charge in [-0.3, -0.25) is 4.79 Å². The molecule has 0 atom stereocenters. The molecule has 7 heteroatoms. The van der Waals surface area contributed by atoms with E-state index in [2.05, 4.69) is 10.3 Å². The first-order chi connectivity index (χ1) is 13.6. The smallest absolute Gasteiger partial charge is 0.251 e. The fraction of sp³-hybridized carbons (Fsp3) is 0.238. The molecule has 0 aliphatic carbocycles. The predicted molar refractivity (Wildman–Crippen MR) is 110 cm³/mol. The molecule has 146 valence electrons. The second-order valence-corrected chi connectivity index (χ2v) is 6.84. The van der Waals surface area contributed by atoms with E-state index in [4.69, 9.17) is 14.2 Å². The first-order valence-corrected chi connectivity index (χ1v) is 9.61. The van der Waals surface area contributed by atoms with Gasteiger partial charge < -0.3 is 19.5 Å². The Morgan fingerprint density at radius 3 is 2.39 bits per heavy atom. The molecule has 0 saturated heterocycles. The highest BCUT2D eigenvalue weighted by molar-refractivity contribution is 7.13. The molecule has 0 unspecified atom stereocenters. The lowest BCUT2D eigenvalue weighted by Gasteiger charge is -2.09. The first kappa shape index (κ1) is 19.7. The molecule has 0 fully saturated rings. The fourth-order valence-electron chi connectivity index (χ4n) is 2.66. The maximum atomic E-state index is 12.4. The molecular weight excluding hydrogens is 376 g/mol. The van der Waals surface area contributed by atoms with E-state index in [1.165, 1.54) is 0 Å². The van der Waals surface area contributed by atoms with Crippen molar-refractivity contribution >= 4 is 17.2 Å². The van der Waals surface area contributed by atoms with E-state index in [0.29, 0.717) is 30.0 Å². The van der Waals surface area contributed by atoms with Gasteiger partial charge in [0.15, 0.2) is 0 Å². The summed E-state index contributed by atoms with van der Waals surface area (Å²) >= 11 is 1.57. The van der Waals surface area contributed by atoms with Crippen molar-refractivity contribution in [2.24, 2.45) is 0 Å². The summed E-state index contributed by atoms with van der Waals surface area (Å²) in [7, 11) is 4.75. The molecule has 28 heavy (non-hydrogen) atoms. The summed E-state index contributed by atoms with van der Waals surface area (Å²) < 4.78 is 15.7. The Balaban J connectivity index is 1.59. The van der Waals surface area contributed by atoms with E-state index in [-0.39, 0.29) is 5.91 Å². The van der Waals surface area contributed by atoms with Crippen molar-refractivity contribution in [3.05, 3.63) is 59.1 Å². The molecule has 0 bridgehead atoms. The van der Waals surface area contributed by atoms with E-state index < -0.39 is 0 Å². The third-order valence-corrected chi connectivity index (χ3v) is 5.09. The van der Waals surface area contributed by atoms with Crippen LogP contribution in [-0.2, 0) is 6.42 Å². The molecule has 1 heterocycles. The Hall–Kier alpha value is -3.06. The van der Waals surface area contributed by atoms with Crippen LogP contribution in [0, 0.1) is 0 Å². The Bertz CT molecular complexity index is 933. The molecule has 0 radical (unpaired) electrons. The molecule has 2 aromatic carbocycles. The van der Waals surface area contributed by atoms with Crippen LogP contribution in [0.4, 0.5) is 0 Å². The lowest BCUT2D eigenvalue weighted by atomic mass is 10.2. The normalized spacial score (nSPS) is 10.4. The number of methoxy groups -OCH3 is 3. The van der Waals surface area contributed by atoms with Crippen LogP contribution < -0.4 is 19.5 Å². The first-order valence-electron chi connectivity index (χ1n) is 8.73. The van der Waals surface area contributed by atoms with Crippen molar-refractivity contribution in [1.82, 2.24) is 10.3 Å². The van der Waals surface area contributed by atoms with Gasteiger partial charge in [-0.25, -0.2) is 4.98 Å². The molecule has 0 aliphatic rings. The minimum atomic E-state index is -0.180. The topological polar surface area (TPSA) is 69.7 Å². The number of benzene rings is 2. The molecular formula is C21H22N2O4S. The number of carbonyl (C=O) groups excluding carboxylic acids is 1. The minimum absolute atomic E-state index is 0.180. The summed E-state index contributed by atoms with van der Waals surface area (Å²) in [6, 6.07) is 12.9. The van der Waals surface area contributed by atoms with Gasteiger partial charge in [0.1, 0.15) is 22.3 Å². The average molecular weight is 398 g/mol. The van der Waals surface area contributed by atoms with Gasteiger partial charge in [0.05, 0.1) is 27.0 Å². The average Bonchev–Trinajstić information content (AvgIpc) is 3.22. The summed E-state index contributed by atoms with van der Waals surface area (Å²) in [6.07, 6.45) is 0.646. The summed E-state index contributed by atoms with van der Waals surface area (Å²) in [5.41, 5.74) is 2.45. The number of amides is 1. The van der Waals surface area contributed by atoms with Crippen LogP contribution in [0.2, 0.25) is 0 Å². The maximum absolute atomic E-state index is 12.4. The summed E-state index contributed by atoms with van der Waals surface area (Å²) in [6.45, 7) is 0.486. The molecule has 6 nitrogen and oxygen atoms in total. The Kier molecular flexibility index (Phi) is 6.49. The zero-order valence-corrected chi connectivity index (χ0v) is 16.8. The van der Waals surface area contributed by atoms with E-state index in [0.717, 1.165) is 22.0 Å². The maximum Gasteiger partial charge on any atom is 0.251 e. The van der Waals surface area contributed by atoms with Crippen LogP contribution in [0.15, 0.2) is 47.8 Å². The Morgan fingerprint density at radius 1 is 1.00 bits per heavy atom. The lowest BCUT2D eigenvalue weighted by Crippen LogP contribution is -2.25. The Morgan fingerprint density at radius 2 is 1.71 bits per heavy atom. The van der Waals surface area contributed by atoms with Gasteiger partial charge >= 0.3 is 0 Å². The van der Waals surface area contributed by atoms with Crippen molar-refractivity contribution in [3.8, 4) is 27.8 Å². The Labute approximate surface area is 168 Å². The predicted octanol–water partition coefficient (Wildman–Crippen LogP) is 3.81. The lowest BCUT2D eigenvalue weighted by molar-refractivity contribution is 0.0953. The largest absolute Gasteiger partial charge is 0.497 e. The number of rotatable bonds is 8. The van der Waals surface area contributed by atoms with Gasteiger partial charge in [-0.2, -0.15) is 0 Å². The fourth-order valence-corrected chi connectivity index (χ4v) is 3.51. The minimum Gasteiger partial charge on any atom is -0.497 e. The summed E-state index contributed by atoms with van der Waals surface area (Å²) in [4.78, 5) is 17.1. The number of ether oxygens (including phenoxy) is 3. The second-order valence-electron chi connectivity index (χ2n) is 5.98. The standard InChI is InChI=1S/C21H22N2O4S/c1-25-17-6-4-5-14(9-17)21-23-16(13-28-21)7-8-22-20(24)15-10-18(26-2)12-19(11-15)27-3/h4-6,9-13H,7-8H2,1-3H3,(H,22,24). The van der Waals surface area contributed by atoms with Crippen LogP contribution in [0.5, 0.6) is 17.2 Å². The third kappa shape index (κ3) is 4.80. The molecule has 0 saturated carbocycles. The van der Waals surface area contributed by atoms with Crippen molar-refractivity contribution < 1.29 is 19.0 Å². The molecule has 1 aromatic heterocycles. The van der Waals surface area contributed by atoms with Gasteiger partial charge in [-0.15, -0.1) is 11.3 Å². The number of thiazole rings is 1.